The molecule has 0 unspecified atom stereocenters. The van der Waals surface area contributed by atoms with Gasteiger partial charge in [0.1, 0.15) is 6.29 Å². The van der Waals surface area contributed by atoms with Gasteiger partial charge in [-0.25, -0.2) is 0 Å². The molecular formula is C5H12N2OS. The fraction of sp³-hybridized carbons (Fsp3) is 0.800. The summed E-state index contributed by atoms with van der Waals surface area (Å²) >= 11 is 3.93. The molecule has 0 saturated carbocycles. The molecule has 0 aromatic carbocycles. The molecule has 0 aliphatic rings. The predicted molar refractivity (Wildman–Crippen MR) is 40.8 cm³/mol. The van der Waals surface area contributed by atoms with Gasteiger partial charge in [0.15, 0.2) is 0 Å². The lowest BCUT2D eigenvalue weighted by Gasteiger charge is -2.06. The van der Waals surface area contributed by atoms with Crippen LogP contribution < -0.4 is 11.1 Å². The number of carbonyl (C=O) groups is 1. The van der Waals surface area contributed by atoms with Crippen LogP contribution in [0.4, 0.5) is 0 Å². The van der Waals surface area contributed by atoms with Crippen LogP contribution in [-0.2, 0) is 4.79 Å². The lowest BCUT2D eigenvalue weighted by molar-refractivity contribution is -0.109. The smallest absolute Gasteiger partial charge is 0.137 e. The van der Waals surface area contributed by atoms with Crippen molar-refractivity contribution >= 4 is 18.9 Å². The molecule has 4 heteroatoms. The van der Waals surface area contributed by atoms with Gasteiger partial charge in [-0.2, -0.15) is 12.6 Å². The highest BCUT2D eigenvalue weighted by Crippen LogP contribution is 1.80. The van der Waals surface area contributed by atoms with Crippen LogP contribution in [0.25, 0.3) is 0 Å². The van der Waals surface area contributed by atoms with Crippen LogP contribution in [0.1, 0.15) is 0 Å². The highest BCUT2D eigenvalue weighted by atomic mass is 32.1. The van der Waals surface area contributed by atoms with E-state index in [1.165, 1.54) is 0 Å². The van der Waals surface area contributed by atoms with Crippen molar-refractivity contribution in [1.29, 1.82) is 0 Å². The number of thiol groups is 1. The second-order valence-corrected chi connectivity index (χ2v) is 2.03. The average molecular weight is 148 g/mol. The van der Waals surface area contributed by atoms with Crippen LogP contribution >= 0.6 is 12.6 Å². The van der Waals surface area contributed by atoms with E-state index in [-0.39, 0.29) is 6.04 Å². The van der Waals surface area contributed by atoms with Crippen molar-refractivity contribution < 1.29 is 4.79 Å². The average Bonchev–Trinajstić information content (AvgIpc) is 1.91. The number of nitrogens with one attached hydrogen (secondary N) is 1. The Morgan fingerprint density at radius 2 is 2.44 bits per heavy atom. The molecule has 0 aromatic rings. The van der Waals surface area contributed by atoms with E-state index in [1.807, 2.05) is 0 Å². The maximum atomic E-state index is 10.1. The minimum Gasteiger partial charge on any atom is -0.329 e. The zero-order valence-electron chi connectivity index (χ0n) is 5.21. The van der Waals surface area contributed by atoms with E-state index in [9.17, 15) is 4.79 Å². The molecule has 1 atom stereocenters. The van der Waals surface area contributed by atoms with Crippen molar-refractivity contribution in [2.24, 2.45) is 5.73 Å². The van der Waals surface area contributed by atoms with Crippen LogP contribution in [-0.4, -0.2) is 31.2 Å². The van der Waals surface area contributed by atoms with E-state index >= 15 is 0 Å². The Labute approximate surface area is 60.4 Å². The van der Waals surface area contributed by atoms with E-state index < -0.39 is 0 Å². The Morgan fingerprint density at radius 1 is 1.78 bits per heavy atom. The fourth-order valence-corrected chi connectivity index (χ4v) is 0.640. The Bertz CT molecular complexity index is 79.4. The SMILES string of the molecule is NCCN[C@H](C=O)CS. The highest BCUT2D eigenvalue weighted by molar-refractivity contribution is 7.80. The van der Waals surface area contributed by atoms with Crippen molar-refractivity contribution in [3.8, 4) is 0 Å². The fourth-order valence-electron chi connectivity index (χ4n) is 0.424. The zero-order chi connectivity index (χ0) is 7.11. The van der Waals surface area contributed by atoms with Gasteiger partial charge in [0, 0.05) is 18.8 Å². The van der Waals surface area contributed by atoms with Crippen LogP contribution in [0.3, 0.4) is 0 Å². The largest absolute Gasteiger partial charge is 0.329 e. The molecule has 0 radical (unpaired) electrons. The van der Waals surface area contributed by atoms with Crippen LogP contribution in [0, 0.1) is 0 Å². The van der Waals surface area contributed by atoms with E-state index in [1.54, 1.807) is 0 Å². The molecule has 0 heterocycles. The highest BCUT2D eigenvalue weighted by Gasteiger charge is 1.99. The Hall–Kier alpha value is -0.0600. The summed E-state index contributed by atoms with van der Waals surface area (Å²) in [6.07, 6.45) is 0.836. The normalized spacial score (nSPS) is 13.1. The minimum atomic E-state index is -0.142. The summed E-state index contributed by atoms with van der Waals surface area (Å²) in [5.74, 6) is 0.531. The maximum Gasteiger partial charge on any atom is 0.137 e. The quantitative estimate of drug-likeness (QED) is 0.347. The van der Waals surface area contributed by atoms with Gasteiger partial charge in [0.2, 0.25) is 0 Å². The molecule has 0 fully saturated rings. The van der Waals surface area contributed by atoms with Gasteiger partial charge in [-0.15, -0.1) is 0 Å². The second kappa shape index (κ2) is 6.07. The molecule has 0 aromatic heterocycles. The summed E-state index contributed by atoms with van der Waals surface area (Å²) in [6.45, 7) is 1.22. The van der Waals surface area contributed by atoms with E-state index in [2.05, 4.69) is 17.9 Å². The molecule has 54 valence electrons. The number of hydrogen-bond acceptors (Lipinski definition) is 4. The van der Waals surface area contributed by atoms with Gasteiger partial charge in [0.05, 0.1) is 6.04 Å². The van der Waals surface area contributed by atoms with Crippen molar-refractivity contribution in [1.82, 2.24) is 5.32 Å². The molecule has 0 saturated heterocycles. The topological polar surface area (TPSA) is 55.1 Å². The van der Waals surface area contributed by atoms with Gasteiger partial charge < -0.3 is 15.8 Å². The van der Waals surface area contributed by atoms with Crippen LogP contribution in [0.5, 0.6) is 0 Å². The zero-order valence-corrected chi connectivity index (χ0v) is 6.10. The minimum absolute atomic E-state index is 0.142. The first kappa shape index (κ1) is 8.94. The number of hydrogen-bond donors (Lipinski definition) is 3. The molecule has 0 bridgehead atoms. The first-order chi connectivity index (χ1) is 4.35. The molecule has 0 amide bonds. The molecule has 3 N–H and O–H groups in total. The number of rotatable bonds is 5. The number of nitrogens with two attached hydrogens (primary N) is 1. The molecule has 0 spiro atoms. The van der Waals surface area contributed by atoms with E-state index in [0.717, 1.165) is 6.29 Å². The molecule has 0 aliphatic heterocycles. The number of carbonyl (C=O) groups excluding carboxylic acids is 1. The number of aldehydes is 1. The third-order valence-corrected chi connectivity index (χ3v) is 1.31. The summed E-state index contributed by atoms with van der Waals surface area (Å²) in [5.41, 5.74) is 5.18. The van der Waals surface area contributed by atoms with Gasteiger partial charge in [-0.1, -0.05) is 0 Å². The van der Waals surface area contributed by atoms with Gasteiger partial charge >= 0.3 is 0 Å². The Balaban J connectivity index is 3.20. The maximum absolute atomic E-state index is 10.1. The second-order valence-electron chi connectivity index (χ2n) is 1.67. The van der Waals surface area contributed by atoms with Crippen LogP contribution in [0.15, 0.2) is 0 Å². The third-order valence-electron chi connectivity index (χ3n) is 0.912. The lowest BCUT2D eigenvalue weighted by atomic mass is 10.4. The lowest BCUT2D eigenvalue weighted by Crippen LogP contribution is -2.35. The third kappa shape index (κ3) is 4.44. The van der Waals surface area contributed by atoms with E-state index in [4.69, 9.17) is 5.73 Å². The molecule has 0 aliphatic carbocycles. The molecule has 3 nitrogen and oxygen atoms in total. The van der Waals surface area contributed by atoms with E-state index in [0.29, 0.717) is 18.8 Å². The molecule has 0 rings (SSSR count). The van der Waals surface area contributed by atoms with Gasteiger partial charge in [-0.3, -0.25) is 0 Å². The van der Waals surface area contributed by atoms with Gasteiger partial charge in [-0.05, 0) is 0 Å². The van der Waals surface area contributed by atoms with Crippen molar-refractivity contribution in [3.63, 3.8) is 0 Å². The van der Waals surface area contributed by atoms with Crippen molar-refractivity contribution in [3.05, 3.63) is 0 Å². The summed E-state index contributed by atoms with van der Waals surface area (Å²) < 4.78 is 0. The van der Waals surface area contributed by atoms with Crippen molar-refractivity contribution in [2.45, 2.75) is 6.04 Å². The first-order valence-corrected chi connectivity index (χ1v) is 3.48. The van der Waals surface area contributed by atoms with Crippen molar-refractivity contribution in [2.75, 3.05) is 18.8 Å². The Morgan fingerprint density at radius 3 is 2.78 bits per heavy atom. The summed E-state index contributed by atoms with van der Waals surface area (Å²) in [4.78, 5) is 10.1. The molecular weight excluding hydrogens is 136 g/mol. The Kier molecular flexibility index (Phi) is 6.03. The van der Waals surface area contributed by atoms with Crippen LogP contribution in [0.2, 0.25) is 0 Å². The summed E-state index contributed by atoms with van der Waals surface area (Å²) in [7, 11) is 0. The first-order valence-electron chi connectivity index (χ1n) is 2.84. The summed E-state index contributed by atoms with van der Waals surface area (Å²) in [6, 6.07) is -0.142. The van der Waals surface area contributed by atoms with Gasteiger partial charge in [0.25, 0.3) is 0 Å². The molecule has 9 heavy (non-hydrogen) atoms. The summed E-state index contributed by atoms with van der Waals surface area (Å²) in [5, 5.41) is 2.90. The standard InChI is InChI=1S/C5H12N2OS/c6-1-2-7-5(3-8)4-9/h3,5,7,9H,1-2,4,6H2/t5-/m1/s1. The monoisotopic (exact) mass is 148 g/mol. The predicted octanol–water partition coefficient (Wildman–Crippen LogP) is -0.968.